The highest BCUT2D eigenvalue weighted by Gasteiger charge is 2.17. The summed E-state index contributed by atoms with van der Waals surface area (Å²) in [6, 6.07) is 1.92. The highest BCUT2D eigenvalue weighted by molar-refractivity contribution is 5.55. The second kappa shape index (κ2) is 5.05. The number of piperidine rings is 1. The van der Waals surface area contributed by atoms with Crippen LogP contribution in [-0.2, 0) is 11.2 Å². The molecule has 0 saturated carbocycles. The average Bonchev–Trinajstić information content (AvgIpc) is 2.31. The summed E-state index contributed by atoms with van der Waals surface area (Å²) in [7, 11) is 0. The van der Waals surface area contributed by atoms with Gasteiger partial charge in [-0.25, -0.2) is 9.97 Å². The van der Waals surface area contributed by atoms with Crippen LogP contribution < -0.4 is 4.90 Å². The highest BCUT2D eigenvalue weighted by Crippen LogP contribution is 2.21. The second-order valence-electron chi connectivity index (χ2n) is 4.41. The fourth-order valence-corrected chi connectivity index (χ4v) is 1.99. The standard InChI is InChI=1S/C12H17N3O/c1-10-2-5-15(6-3-10)12-8-11(4-7-16)13-9-14-12/h7-10H,2-6H2,1H3. The zero-order valence-corrected chi connectivity index (χ0v) is 9.59. The number of carbonyl (C=O) groups excluding carboxylic acids is 1. The Morgan fingerprint density at radius 2 is 2.19 bits per heavy atom. The van der Waals surface area contributed by atoms with Crippen LogP contribution >= 0.6 is 0 Å². The Labute approximate surface area is 95.7 Å². The maximum absolute atomic E-state index is 10.4. The van der Waals surface area contributed by atoms with Crippen molar-refractivity contribution in [2.45, 2.75) is 26.2 Å². The Morgan fingerprint density at radius 3 is 2.88 bits per heavy atom. The monoisotopic (exact) mass is 219 g/mol. The molecule has 0 N–H and O–H groups in total. The summed E-state index contributed by atoms with van der Waals surface area (Å²) in [6.07, 6.45) is 5.23. The Hall–Kier alpha value is -1.45. The lowest BCUT2D eigenvalue weighted by atomic mass is 9.99. The van der Waals surface area contributed by atoms with E-state index in [1.807, 2.05) is 6.07 Å². The topological polar surface area (TPSA) is 46.1 Å². The Balaban J connectivity index is 2.08. The smallest absolute Gasteiger partial charge is 0.132 e. The lowest BCUT2D eigenvalue weighted by Gasteiger charge is -2.31. The largest absolute Gasteiger partial charge is 0.356 e. The van der Waals surface area contributed by atoms with Gasteiger partial charge in [0.2, 0.25) is 0 Å². The lowest BCUT2D eigenvalue weighted by molar-refractivity contribution is -0.107. The van der Waals surface area contributed by atoms with E-state index < -0.39 is 0 Å². The molecule has 4 heteroatoms. The van der Waals surface area contributed by atoms with Crippen LogP contribution in [-0.4, -0.2) is 29.3 Å². The van der Waals surface area contributed by atoms with Crippen molar-refractivity contribution in [3.05, 3.63) is 18.1 Å². The molecule has 0 aliphatic carbocycles. The zero-order chi connectivity index (χ0) is 11.4. The predicted molar refractivity (Wildman–Crippen MR) is 62.4 cm³/mol. The summed E-state index contributed by atoms with van der Waals surface area (Å²) in [6.45, 7) is 4.40. The molecule has 0 atom stereocenters. The third-order valence-corrected chi connectivity index (χ3v) is 3.11. The lowest BCUT2D eigenvalue weighted by Crippen LogP contribution is -2.33. The molecule has 0 amide bonds. The molecule has 0 spiro atoms. The van der Waals surface area contributed by atoms with E-state index in [0.29, 0.717) is 6.42 Å². The van der Waals surface area contributed by atoms with Gasteiger partial charge in [-0.05, 0) is 18.8 Å². The minimum absolute atomic E-state index is 0.375. The third kappa shape index (κ3) is 2.56. The highest BCUT2D eigenvalue weighted by atomic mass is 16.1. The summed E-state index contributed by atoms with van der Waals surface area (Å²) in [5.74, 6) is 1.77. The van der Waals surface area contributed by atoms with Crippen molar-refractivity contribution in [1.82, 2.24) is 9.97 Å². The number of anilines is 1. The van der Waals surface area contributed by atoms with Gasteiger partial charge in [0.25, 0.3) is 0 Å². The van der Waals surface area contributed by atoms with E-state index in [1.54, 1.807) is 6.33 Å². The molecule has 0 aromatic carbocycles. The average molecular weight is 219 g/mol. The van der Waals surface area contributed by atoms with Gasteiger partial charge < -0.3 is 9.69 Å². The number of rotatable bonds is 3. The first kappa shape index (κ1) is 11.0. The van der Waals surface area contributed by atoms with Crippen LogP contribution in [0.2, 0.25) is 0 Å². The predicted octanol–water partition coefficient (Wildman–Crippen LogP) is 1.45. The minimum Gasteiger partial charge on any atom is -0.356 e. The molecule has 1 aromatic rings. The first-order valence-corrected chi connectivity index (χ1v) is 5.79. The summed E-state index contributed by atoms with van der Waals surface area (Å²) in [5, 5.41) is 0. The number of hydrogen-bond donors (Lipinski definition) is 0. The normalized spacial score (nSPS) is 17.4. The van der Waals surface area contributed by atoms with E-state index in [0.717, 1.165) is 36.8 Å². The van der Waals surface area contributed by atoms with Crippen molar-refractivity contribution in [3.8, 4) is 0 Å². The molecule has 4 nitrogen and oxygen atoms in total. The fourth-order valence-electron chi connectivity index (χ4n) is 1.99. The summed E-state index contributed by atoms with van der Waals surface area (Å²) in [4.78, 5) is 21.0. The van der Waals surface area contributed by atoms with Gasteiger partial charge in [0.1, 0.15) is 18.4 Å². The molecular weight excluding hydrogens is 202 g/mol. The third-order valence-electron chi connectivity index (χ3n) is 3.11. The molecule has 1 saturated heterocycles. The Bertz CT molecular complexity index is 359. The molecule has 0 unspecified atom stereocenters. The van der Waals surface area contributed by atoms with E-state index in [1.165, 1.54) is 12.8 Å². The van der Waals surface area contributed by atoms with Gasteiger partial charge in [-0.2, -0.15) is 0 Å². The van der Waals surface area contributed by atoms with Crippen LogP contribution in [0.5, 0.6) is 0 Å². The van der Waals surface area contributed by atoms with Gasteiger partial charge in [-0.3, -0.25) is 0 Å². The molecule has 2 heterocycles. The fraction of sp³-hybridized carbons (Fsp3) is 0.583. The van der Waals surface area contributed by atoms with Crippen molar-refractivity contribution in [2.75, 3.05) is 18.0 Å². The zero-order valence-electron chi connectivity index (χ0n) is 9.59. The van der Waals surface area contributed by atoms with E-state index in [-0.39, 0.29) is 0 Å². The molecule has 1 aliphatic rings. The van der Waals surface area contributed by atoms with Gasteiger partial charge in [0, 0.05) is 25.6 Å². The molecule has 2 rings (SSSR count). The molecule has 0 bridgehead atoms. The van der Waals surface area contributed by atoms with Gasteiger partial charge in [-0.15, -0.1) is 0 Å². The van der Waals surface area contributed by atoms with Gasteiger partial charge in [0.05, 0.1) is 5.69 Å². The maximum Gasteiger partial charge on any atom is 0.132 e. The molecule has 86 valence electrons. The van der Waals surface area contributed by atoms with Crippen molar-refractivity contribution in [1.29, 1.82) is 0 Å². The quantitative estimate of drug-likeness (QED) is 0.722. The molecular formula is C12H17N3O. The Morgan fingerprint density at radius 1 is 1.44 bits per heavy atom. The van der Waals surface area contributed by atoms with Gasteiger partial charge in [-0.1, -0.05) is 6.92 Å². The molecule has 1 aliphatic heterocycles. The first-order valence-electron chi connectivity index (χ1n) is 5.79. The van der Waals surface area contributed by atoms with Crippen LogP contribution in [0.25, 0.3) is 0 Å². The van der Waals surface area contributed by atoms with Crippen molar-refractivity contribution in [3.63, 3.8) is 0 Å². The van der Waals surface area contributed by atoms with Gasteiger partial charge in [0.15, 0.2) is 0 Å². The van der Waals surface area contributed by atoms with Crippen LogP contribution in [0.3, 0.4) is 0 Å². The number of nitrogens with zero attached hydrogens (tertiary/aromatic N) is 3. The second-order valence-corrected chi connectivity index (χ2v) is 4.41. The van der Waals surface area contributed by atoms with Crippen molar-refractivity contribution < 1.29 is 4.79 Å². The number of aldehydes is 1. The van der Waals surface area contributed by atoms with Crippen LogP contribution in [0.1, 0.15) is 25.5 Å². The van der Waals surface area contributed by atoms with E-state index >= 15 is 0 Å². The SMILES string of the molecule is CC1CCN(c2cc(CC=O)ncn2)CC1. The van der Waals surface area contributed by atoms with Gasteiger partial charge >= 0.3 is 0 Å². The number of aromatic nitrogens is 2. The van der Waals surface area contributed by atoms with Crippen LogP contribution in [0.4, 0.5) is 5.82 Å². The summed E-state index contributed by atoms with van der Waals surface area (Å²) >= 11 is 0. The van der Waals surface area contributed by atoms with Crippen molar-refractivity contribution >= 4 is 12.1 Å². The summed E-state index contributed by atoms with van der Waals surface area (Å²) in [5.41, 5.74) is 0.804. The van der Waals surface area contributed by atoms with E-state index in [2.05, 4.69) is 21.8 Å². The molecule has 0 radical (unpaired) electrons. The maximum atomic E-state index is 10.4. The van der Waals surface area contributed by atoms with E-state index in [9.17, 15) is 4.79 Å². The summed E-state index contributed by atoms with van der Waals surface area (Å²) < 4.78 is 0. The van der Waals surface area contributed by atoms with Crippen molar-refractivity contribution in [2.24, 2.45) is 5.92 Å². The Kier molecular flexibility index (Phi) is 3.49. The first-order chi connectivity index (χ1) is 7.79. The number of hydrogen-bond acceptors (Lipinski definition) is 4. The minimum atomic E-state index is 0.375. The molecule has 1 fully saturated rings. The van der Waals surface area contributed by atoms with E-state index in [4.69, 9.17) is 0 Å². The molecule has 1 aromatic heterocycles. The number of carbonyl (C=O) groups is 1. The van der Waals surface area contributed by atoms with Crippen LogP contribution in [0.15, 0.2) is 12.4 Å². The van der Waals surface area contributed by atoms with Crippen LogP contribution in [0, 0.1) is 5.92 Å². The molecule has 16 heavy (non-hydrogen) atoms.